The Balaban J connectivity index is 1.06. The van der Waals surface area contributed by atoms with Crippen molar-refractivity contribution in [2.75, 3.05) is 13.2 Å². The van der Waals surface area contributed by atoms with Gasteiger partial charge < -0.3 is 4.74 Å². The molecule has 1 N–H and O–H groups in total. The van der Waals surface area contributed by atoms with E-state index >= 15 is 0 Å². The number of aryl methyl sites for hydroxylation is 4. The van der Waals surface area contributed by atoms with Gasteiger partial charge in [-0.25, -0.2) is 4.98 Å². The molecule has 2 saturated heterocycles. The van der Waals surface area contributed by atoms with E-state index in [9.17, 15) is 0 Å². The van der Waals surface area contributed by atoms with Crippen molar-refractivity contribution in [1.82, 2.24) is 30.0 Å². The fraction of sp³-hybridized carbons (Fsp3) is 0.353. The second-order valence-corrected chi connectivity index (χ2v) is 12.0. The molecule has 1 aliphatic carbocycles. The zero-order valence-corrected chi connectivity index (χ0v) is 23.6. The second kappa shape index (κ2) is 9.86. The number of aromatic nitrogens is 5. The van der Waals surface area contributed by atoms with Gasteiger partial charge in [-0.3, -0.25) is 20.0 Å². The van der Waals surface area contributed by atoms with Gasteiger partial charge in [0, 0.05) is 52.7 Å². The molecule has 2 bridgehead atoms. The van der Waals surface area contributed by atoms with Crippen molar-refractivity contribution in [2.45, 2.75) is 64.1 Å². The SMILES string of the molecule is Cc1ccc(C)c(-c2ccc(-c3n[nH]c4ncc(-c5ccc6c(c5)CC[C@@H](N5C7COC[C@H]5C7)CC6)cc34)nc2)n1. The first-order valence-electron chi connectivity index (χ1n) is 14.8. The lowest BCUT2D eigenvalue weighted by atomic mass is 9.87. The number of nitrogens with one attached hydrogen (secondary N) is 1. The minimum atomic E-state index is 0.645. The number of pyridine rings is 3. The molecule has 3 atom stereocenters. The van der Waals surface area contributed by atoms with Crippen LogP contribution in [0, 0.1) is 13.8 Å². The van der Waals surface area contributed by atoms with Gasteiger partial charge in [-0.05, 0) is 92.5 Å². The Bertz CT molecular complexity index is 1750. The predicted octanol–water partition coefficient (Wildman–Crippen LogP) is 6.09. The van der Waals surface area contributed by atoms with E-state index in [-0.39, 0.29) is 0 Å². The van der Waals surface area contributed by atoms with Gasteiger partial charge in [0.05, 0.1) is 24.6 Å². The van der Waals surface area contributed by atoms with Gasteiger partial charge in [-0.2, -0.15) is 5.10 Å². The first-order valence-corrected chi connectivity index (χ1v) is 14.8. The fourth-order valence-electron chi connectivity index (χ4n) is 7.18. The van der Waals surface area contributed by atoms with Crippen LogP contribution in [-0.4, -0.2) is 61.4 Å². The van der Waals surface area contributed by atoms with E-state index in [0.29, 0.717) is 18.1 Å². The van der Waals surface area contributed by atoms with Gasteiger partial charge in [-0.15, -0.1) is 0 Å². The van der Waals surface area contributed by atoms with E-state index in [1.165, 1.54) is 36.0 Å². The van der Waals surface area contributed by atoms with Crippen molar-refractivity contribution >= 4 is 11.0 Å². The molecule has 7 heteroatoms. The summed E-state index contributed by atoms with van der Waals surface area (Å²) >= 11 is 0. The molecule has 0 saturated carbocycles. The molecule has 1 aromatic carbocycles. The van der Waals surface area contributed by atoms with E-state index in [1.54, 1.807) is 0 Å². The lowest BCUT2D eigenvalue weighted by Crippen LogP contribution is -2.66. The number of H-pyrrole nitrogens is 1. The number of aromatic amines is 1. The lowest BCUT2D eigenvalue weighted by molar-refractivity contribution is -0.148. The van der Waals surface area contributed by atoms with Crippen LogP contribution in [0.4, 0.5) is 0 Å². The van der Waals surface area contributed by atoms with Crippen LogP contribution >= 0.6 is 0 Å². The van der Waals surface area contributed by atoms with Crippen LogP contribution in [0.1, 0.15) is 41.6 Å². The molecule has 6 heterocycles. The average Bonchev–Trinajstić information content (AvgIpc) is 3.32. The summed E-state index contributed by atoms with van der Waals surface area (Å²) in [5.74, 6) is 0. The molecule has 7 nitrogen and oxygen atoms in total. The predicted molar refractivity (Wildman–Crippen MR) is 161 cm³/mol. The van der Waals surface area contributed by atoms with Crippen molar-refractivity contribution in [3.05, 3.63) is 83.3 Å². The second-order valence-electron chi connectivity index (χ2n) is 12.0. The minimum absolute atomic E-state index is 0.645. The first kappa shape index (κ1) is 24.8. The molecule has 2 fully saturated rings. The maximum Gasteiger partial charge on any atom is 0.155 e. The summed E-state index contributed by atoms with van der Waals surface area (Å²) in [5.41, 5.74) is 11.8. The van der Waals surface area contributed by atoms with E-state index in [4.69, 9.17) is 19.7 Å². The Morgan fingerprint density at radius 1 is 0.780 bits per heavy atom. The third-order valence-corrected chi connectivity index (χ3v) is 9.40. The zero-order chi connectivity index (χ0) is 27.5. The summed E-state index contributed by atoms with van der Waals surface area (Å²) in [7, 11) is 0. The normalized spacial score (nSPS) is 22.2. The van der Waals surface area contributed by atoms with Crippen LogP contribution in [0.25, 0.3) is 44.8 Å². The lowest BCUT2D eigenvalue weighted by Gasteiger charge is -2.56. The largest absolute Gasteiger partial charge is 0.378 e. The summed E-state index contributed by atoms with van der Waals surface area (Å²) in [4.78, 5) is 17.0. The summed E-state index contributed by atoms with van der Waals surface area (Å²) in [5, 5.41) is 8.68. The topological polar surface area (TPSA) is 79.8 Å². The molecule has 0 amide bonds. The smallest absolute Gasteiger partial charge is 0.155 e. The van der Waals surface area contributed by atoms with Crippen LogP contribution in [0.15, 0.2) is 60.9 Å². The molecule has 41 heavy (non-hydrogen) atoms. The molecular weight excluding hydrogens is 508 g/mol. The van der Waals surface area contributed by atoms with Crippen molar-refractivity contribution in [3.8, 4) is 33.8 Å². The van der Waals surface area contributed by atoms with Crippen molar-refractivity contribution < 1.29 is 4.74 Å². The number of nitrogens with zero attached hydrogens (tertiary/aromatic N) is 5. The number of rotatable bonds is 4. The average molecular weight is 543 g/mol. The van der Waals surface area contributed by atoms with Gasteiger partial charge in [0.15, 0.2) is 5.65 Å². The minimum Gasteiger partial charge on any atom is -0.378 e. The highest BCUT2D eigenvalue weighted by atomic mass is 16.5. The third kappa shape index (κ3) is 4.35. The molecule has 2 aliphatic heterocycles. The molecule has 0 spiro atoms. The van der Waals surface area contributed by atoms with Gasteiger partial charge in [-0.1, -0.05) is 24.3 Å². The summed E-state index contributed by atoms with van der Waals surface area (Å²) in [6.45, 7) is 5.92. The summed E-state index contributed by atoms with van der Waals surface area (Å²) < 4.78 is 5.74. The van der Waals surface area contributed by atoms with Crippen LogP contribution in [0.2, 0.25) is 0 Å². The zero-order valence-electron chi connectivity index (χ0n) is 23.6. The standard InChI is InChI=1S/C34H34N6O/c1-20-3-4-21(2)37-32(20)25-9-12-31(35-16-25)33-30-14-26(17-36-34(30)39-38-33)24-6-5-22-7-10-27(11-8-23(22)13-24)40-28-15-29(40)19-41-18-28/h3-6,9,12-14,16-17,27-29H,7-8,10-11,15,18-19H2,1-2H3,(H,36,38,39)/t27-,28+,29?/m0/s1. The van der Waals surface area contributed by atoms with E-state index in [2.05, 4.69) is 58.4 Å². The number of hydrogen-bond donors (Lipinski definition) is 1. The Morgan fingerprint density at radius 2 is 1.59 bits per heavy atom. The highest BCUT2D eigenvalue weighted by Gasteiger charge is 2.45. The highest BCUT2D eigenvalue weighted by molar-refractivity contribution is 5.92. The van der Waals surface area contributed by atoms with Crippen LogP contribution in [-0.2, 0) is 17.6 Å². The number of morpholine rings is 1. The summed E-state index contributed by atoms with van der Waals surface area (Å²) in [6, 6.07) is 19.4. The molecule has 1 unspecified atom stereocenters. The van der Waals surface area contributed by atoms with Gasteiger partial charge in [0.25, 0.3) is 0 Å². The monoisotopic (exact) mass is 542 g/mol. The van der Waals surface area contributed by atoms with Gasteiger partial charge in [0.1, 0.15) is 5.69 Å². The highest BCUT2D eigenvalue weighted by Crippen LogP contribution is 2.38. The maximum absolute atomic E-state index is 5.74. The van der Waals surface area contributed by atoms with E-state index < -0.39 is 0 Å². The molecule has 3 aliphatic rings. The molecular formula is C34H34N6O. The quantitative estimate of drug-likeness (QED) is 0.277. The maximum atomic E-state index is 5.74. The Morgan fingerprint density at radius 3 is 2.39 bits per heavy atom. The summed E-state index contributed by atoms with van der Waals surface area (Å²) in [6.07, 6.45) is 9.92. The Labute approximate surface area is 240 Å². The van der Waals surface area contributed by atoms with E-state index in [1.807, 2.05) is 31.5 Å². The van der Waals surface area contributed by atoms with Gasteiger partial charge in [0.2, 0.25) is 0 Å². The Hall–Kier alpha value is -3.94. The van der Waals surface area contributed by atoms with Crippen LogP contribution < -0.4 is 0 Å². The van der Waals surface area contributed by atoms with Crippen molar-refractivity contribution in [2.24, 2.45) is 0 Å². The van der Waals surface area contributed by atoms with Crippen LogP contribution in [0.3, 0.4) is 0 Å². The number of fused-ring (bicyclic) bond motifs is 4. The van der Waals surface area contributed by atoms with Gasteiger partial charge >= 0.3 is 0 Å². The van der Waals surface area contributed by atoms with Crippen LogP contribution in [0.5, 0.6) is 0 Å². The molecule has 4 aromatic heterocycles. The molecule has 5 aromatic rings. The number of benzene rings is 1. The van der Waals surface area contributed by atoms with E-state index in [0.717, 1.165) is 76.6 Å². The third-order valence-electron chi connectivity index (χ3n) is 9.40. The fourth-order valence-corrected chi connectivity index (χ4v) is 7.18. The number of ether oxygens (including phenoxy) is 1. The molecule has 206 valence electrons. The van der Waals surface area contributed by atoms with Crippen molar-refractivity contribution in [3.63, 3.8) is 0 Å². The molecule has 0 radical (unpaired) electrons. The molecule has 8 rings (SSSR count). The first-order chi connectivity index (χ1) is 20.1. The Kier molecular flexibility index (Phi) is 5.97. The number of hydrogen-bond acceptors (Lipinski definition) is 6. The van der Waals surface area contributed by atoms with Crippen molar-refractivity contribution in [1.29, 1.82) is 0 Å².